The average Bonchev–Trinajstić information content (AvgIpc) is 2.83. The second kappa shape index (κ2) is 3.20. The SMILES string of the molecule is COc1ncccc1C1(C(=O)O)CC1(C)C. The Morgan fingerprint density at radius 2 is 2.19 bits per heavy atom. The van der Waals surface area contributed by atoms with Gasteiger partial charge in [-0.05, 0) is 17.9 Å². The fourth-order valence-corrected chi connectivity index (χ4v) is 2.44. The van der Waals surface area contributed by atoms with E-state index in [2.05, 4.69) is 4.98 Å². The molecule has 1 aliphatic rings. The normalized spacial score (nSPS) is 26.2. The van der Waals surface area contributed by atoms with Gasteiger partial charge in [-0.25, -0.2) is 4.98 Å². The Morgan fingerprint density at radius 3 is 2.62 bits per heavy atom. The minimum atomic E-state index is -0.841. The Labute approximate surface area is 94.3 Å². The maximum Gasteiger partial charge on any atom is 0.314 e. The van der Waals surface area contributed by atoms with Gasteiger partial charge in [0.1, 0.15) is 5.41 Å². The third-order valence-corrected chi connectivity index (χ3v) is 3.53. The summed E-state index contributed by atoms with van der Waals surface area (Å²) in [6.07, 6.45) is 2.23. The maximum atomic E-state index is 11.5. The van der Waals surface area contributed by atoms with Crippen LogP contribution in [0.2, 0.25) is 0 Å². The van der Waals surface area contributed by atoms with Crippen LogP contribution in [0.3, 0.4) is 0 Å². The predicted molar refractivity (Wildman–Crippen MR) is 58.5 cm³/mol. The molecule has 16 heavy (non-hydrogen) atoms. The molecule has 1 heterocycles. The molecule has 1 fully saturated rings. The number of aliphatic carboxylic acids is 1. The lowest BCUT2D eigenvalue weighted by atomic mass is 9.88. The molecule has 1 aromatic rings. The molecule has 1 aromatic heterocycles. The van der Waals surface area contributed by atoms with E-state index in [1.165, 1.54) is 7.11 Å². The van der Waals surface area contributed by atoms with Gasteiger partial charge in [0.25, 0.3) is 0 Å². The highest BCUT2D eigenvalue weighted by atomic mass is 16.5. The van der Waals surface area contributed by atoms with Crippen molar-refractivity contribution in [1.82, 2.24) is 4.98 Å². The molecule has 4 nitrogen and oxygen atoms in total. The van der Waals surface area contributed by atoms with E-state index in [0.29, 0.717) is 17.9 Å². The van der Waals surface area contributed by atoms with Crippen molar-refractivity contribution in [3.8, 4) is 5.88 Å². The summed E-state index contributed by atoms with van der Waals surface area (Å²) in [4.78, 5) is 15.6. The molecule has 1 unspecified atom stereocenters. The van der Waals surface area contributed by atoms with E-state index < -0.39 is 11.4 Å². The van der Waals surface area contributed by atoms with Crippen molar-refractivity contribution in [1.29, 1.82) is 0 Å². The van der Waals surface area contributed by atoms with Gasteiger partial charge < -0.3 is 9.84 Å². The minimum Gasteiger partial charge on any atom is -0.481 e. The molecular weight excluding hydrogens is 206 g/mol. The van der Waals surface area contributed by atoms with Crippen molar-refractivity contribution in [2.75, 3.05) is 7.11 Å². The molecule has 0 spiro atoms. The number of hydrogen-bond acceptors (Lipinski definition) is 3. The van der Waals surface area contributed by atoms with Crippen LogP contribution in [-0.2, 0) is 10.2 Å². The fourth-order valence-electron chi connectivity index (χ4n) is 2.44. The fraction of sp³-hybridized carbons (Fsp3) is 0.500. The predicted octanol–water partition coefficient (Wildman–Crippen LogP) is 1.84. The number of ether oxygens (including phenoxy) is 1. The summed E-state index contributed by atoms with van der Waals surface area (Å²) in [5.41, 5.74) is -0.406. The summed E-state index contributed by atoms with van der Waals surface area (Å²) in [5, 5.41) is 9.43. The molecule has 0 bridgehead atoms. The second-order valence-corrected chi connectivity index (χ2v) is 4.83. The number of methoxy groups -OCH3 is 1. The zero-order valence-electron chi connectivity index (χ0n) is 9.65. The van der Waals surface area contributed by atoms with Crippen LogP contribution >= 0.6 is 0 Å². The monoisotopic (exact) mass is 221 g/mol. The summed E-state index contributed by atoms with van der Waals surface area (Å²) < 4.78 is 5.14. The zero-order valence-corrected chi connectivity index (χ0v) is 9.65. The molecule has 86 valence electrons. The van der Waals surface area contributed by atoms with Gasteiger partial charge in [0.15, 0.2) is 0 Å². The van der Waals surface area contributed by atoms with Crippen molar-refractivity contribution < 1.29 is 14.6 Å². The van der Waals surface area contributed by atoms with Crippen LogP contribution in [0.15, 0.2) is 18.3 Å². The largest absolute Gasteiger partial charge is 0.481 e. The molecule has 2 rings (SSSR count). The third kappa shape index (κ3) is 1.22. The van der Waals surface area contributed by atoms with Crippen molar-refractivity contribution in [3.63, 3.8) is 0 Å². The van der Waals surface area contributed by atoms with Gasteiger partial charge in [0.05, 0.1) is 7.11 Å². The van der Waals surface area contributed by atoms with Crippen molar-refractivity contribution in [3.05, 3.63) is 23.9 Å². The van der Waals surface area contributed by atoms with E-state index in [1.54, 1.807) is 18.3 Å². The van der Waals surface area contributed by atoms with E-state index in [1.807, 2.05) is 13.8 Å². The highest BCUT2D eigenvalue weighted by Gasteiger charge is 2.69. The van der Waals surface area contributed by atoms with Crippen LogP contribution < -0.4 is 4.74 Å². The van der Waals surface area contributed by atoms with E-state index in [-0.39, 0.29) is 5.41 Å². The molecule has 1 saturated carbocycles. The first-order valence-electron chi connectivity index (χ1n) is 5.18. The van der Waals surface area contributed by atoms with E-state index in [0.717, 1.165) is 0 Å². The molecule has 0 aliphatic heterocycles. The molecule has 1 N–H and O–H groups in total. The van der Waals surface area contributed by atoms with Gasteiger partial charge in [-0.15, -0.1) is 0 Å². The Hall–Kier alpha value is -1.58. The highest BCUT2D eigenvalue weighted by Crippen LogP contribution is 2.65. The number of nitrogens with zero attached hydrogens (tertiary/aromatic N) is 1. The molecule has 1 aliphatic carbocycles. The first-order chi connectivity index (χ1) is 7.45. The van der Waals surface area contributed by atoms with Crippen LogP contribution in [0.4, 0.5) is 0 Å². The second-order valence-electron chi connectivity index (χ2n) is 4.83. The molecule has 0 radical (unpaired) electrons. The summed E-state index contributed by atoms with van der Waals surface area (Å²) in [7, 11) is 1.51. The first-order valence-corrected chi connectivity index (χ1v) is 5.18. The topological polar surface area (TPSA) is 59.4 Å². The first kappa shape index (κ1) is 10.9. The van der Waals surface area contributed by atoms with Crippen LogP contribution in [0.5, 0.6) is 5.88 Å². The number of hydrogen-bond donors (Lipinski definition) is 1. The van der Waals surface area contributed by atoms with Crippen molar-refractivity contribution in [2.45, 2.75) is 25.7 Å². The quantitative estimate of drug-likeness (QED) is 0.846. The minimum absolute atomic E-state index is 0.241. The summed E-state index contributed by atoms with van der Waals surface area (Å²) in [5.74, 6) is -0.390. The third-order valence-electron chi connectivity index (χ3n) is 3.53. The smallest absolute Gasteiger partial charge is 0.314 e. The molecule has 1 atom stereocenters. The lowest BCUT2D eigenvalue weighted by Gasteiger charge is -2.17. The van der Waals surface area contributed by atoms with Gasteiger partial charge in [0, 0.05) is 11.8 Å². The summed E-state index contributed by atoms with van der Waals surface area (Å²) in [6, 6.07) is 3.53. The number of pyridine rings is 1. The molecule has 0 amide bonds. The summed E-state index contributed by atoms with van der Waals surface area (Å²) in [6.45, 7) is 3.90. The number of carbonyl (C=O) groups is 1. The van der Waals surface area contributed by atoms with Gasteiger partial charge in [-0.2, -0.15) is 0 Å². The van der Waals surface area contributed by atoms with Crippen LogP contribution in [0.25, 0.3) is 0 Å². The Kier molecular flexibility index (Phi) is 2.19. The number of rotatable bonds is 3. The lowest BCUT2D eigenvalue weighted by molar-refractivity contribution is -0.141. The zero-order chi connectivity index (χ0) is 12.0. The van der Waals surface area contributed by atoms with Gasteiger partial charge in [-0.1, -0.05) is 19.9 Å². The summed E-state index contributed by atoms with van der Waals surface area (Å²) >= 11 is 0. The molecular formula is C12H15NO3. The molecule has 0 aromatic carbocycles. The Bertz CT molecular complexity index is 442. The van der Waals surface area contributed by atoms with Crippen molar-refractivity contribution in [2.24, 2.45) is 5.41 Å². The Morgan fingerprint density at radius 1 is 1.56 bits per heavy atom. The van der Waals surface area contributed by atoms with Crippen LogP contribution in [0.1, 0.15) is 25.8 Å². The van der Waals surface area contributed by atoms with Crippen molar-refractivity contribution >= 4 is 5.97 Å². The molecule has 0 saturated heterocycles. The van der Waals surface area contributed by atoms with E-state index in [4.69, 9.17) is 4.74 Å². The van der Waals surface area contributed by atoms with E-state index in [9.17, 15) is 9.90 Å². The average molecular weight is 221 g/mol. The Balaban J connectivity index is 2.55. The van der Waals surface area contributed by atoms with Crippen LogP contribution in [0, 0.1) is 5.41 Å². The highest BCUT2D eigenvalue weighted by molar-refractivity contribution is 5.87. The number of carboxylic acids is 1. The van der Waals surface area contributed by atoms with Gasteiger partial charge in [0.2, 0.25) is 5.88 Å². The lowest BCUT2D eigenvalue weighted by Crippen LogP contribution is -2.26. The van der Waals surface area contributed by atoms with E-state index >= 15 is 0 Å². The van der Waals surface area contributed by atoms with Gasteiger partial charge >= 0.3 is 5.97 Å². The number of carboxylic acid groups (broad SMARTS) is 1. The number of aromatic nitrogens is 1. The maximum absolute atomic E-state index is 11.5. The van der Waals surface area contributed by atoms with Gasteiger partial charge in [-0.3, -0.25) is 4.79 Å². The van der Waals surface area contributed by atoms with Crippen LogP contribution in [-0.4, -0.2) is 23.2 Å². The molecule has 4 heteroatoms. The standard InChI is InChI=1S/C12H15NO3/c1-11(2)7-12(11,10(14)15)8-5-4-6-13-9(8)16-3/h4-6H,7H2,1-3H3,(H,14,15).